The van der Waals surface area contributed by atoms with Crippen molar-refractivity contribution >= 4 is 11.6 Å². The number of carbonyl (C=O) groups excluding carboxylic acids is 2. The van der Waals surface area contributed by atoms with Gasteiger partial charge in [-0.2, -0.15) is 5.26 Å². The third-order valence-corrected chi connectivity index (χ3v) is 14.8. The average molecular weight is 516 g/mol. The number of ketones is 2. The van der Waals surface area contributed by atoms with Crippen LogP contribution in [0.25, 0.3) is 0 Å². The molecule has 1 aliphatic heterocycles. The molecule has 2 spiro atoms. The van der Waals surface area contributed by atoms with Crippen molar-refractivity contribution in [2.75, 3.05) is 0 Å². The molecule has 8 aliphatic rings. The first kappa shape index (κ1) is 25.3. The van der Waals surface area contributed by atoms with Crippen molar-refractivity contribution in [3.8, 4) is 6.07 Å². The van der Waals surface area contributed by atoms with Crippen LogP contribution in [-0.2, 0) is 14.3 Å². The Morgan fingerprint density at radius 3 is 2.39 bits per heavy atom. The van der Waals surface area contributed by atoms with Gasteiger partial charge in [-0.15, -0.1) is 0 Å². The Hall–Kier alpha value is -1.73. The molecule has 0 amide bonds. The summed E-state index contributed by atoms with van der Waals surface area (Å²) in [6.45, 7) is 18.2. The second-order valence-corrected chi connectivity index (χ2v) is 16.4. The van der Waals surface area contributed by atoms with Crippen LogP contribution in [0.2, 0.25) is 0 Å². The molecule has 4 heteroatoms. The highest BCUT2D eigenvalue weighted by atomic mass is 16.5. The van der Waals surface area contributed by atoms with Gasteiger partial charge in [0.1, 0.15) is 11.7 Å². The van der Waals surface area contributed by atoms with Gasteiger partial charge >= 0.3 is 0 Å². The fourth-order valence-electron chi connectivity index (χ4n) is 12.8. The molecule has 0 aromatic heterocycles. The quantitative estimate of drug-likeness (QED) is 0.392. The van der Waals surface area contributed by atoms with Crippen LogP contribution in [0.15, 0.2) is 23.3 Å². The smallest absolute Gasteiger partial charge is 0.188 e. The van der Waals surface area contributed by atoms with E-state index in [0.717, 1.165) is 44.1 Å². The van der Waals surface area contributed by atoms with Crippen molar-refractivity contribution in [2.45, 2.75) is 118 Å². The molecule has 9 atom stereocenters. The van der Waals surface area contributed by atoms with E-state index in [2.05, 4.69) is 47.6 Å². The molecule has 8 rings (SSSR count). The zero-order valence-electron chi connectivity index (χ0n) is 24.7. The molecular formula is C34H45NO3. The lowest BCUT2D eigenvalue weighted by Crippen LogP contribution is -2.75. The Balaban J connectivity index is 1.44. The molecule has 6 fully saturated rings. The van der Waals surface area contributed by atoms with Gasteiger partial charge in [-0.1, -0.05) is 67.9 Å². The molecule has 9 unspecified atom stereocenters. The first-order chi connectivity index (χ1) is 17.6. The van der Waals surface area contributed by atoms with Gasteiger partial charge in [0.2, 0.25) is 0 Å². The minimum atomic E-state index is -0.762. The van der Waals surface area contributed by atoms with Crippen molar-refractivity contribution < 1.29 is 14.3 Å². The summed E-state index contributed by atoms with van der Waals surface area (Å²) in [4.78, 5) is 28.1. The van der Waals surface area contributed by atoms with E-state index in [1.54, 1.807) is 0 Å². The Kier molecular flexibility index (Phi) is 4.38. The van der Waals surface area contributed by atoms with Gasteiger partial charge in [0, 0.05) is 33.0 Å². The van der Waals surface area contributed by atoms with E-state index in [0.29, 0.717) is 0 Å². The Labute approximate surface area is 228 Å². The highest BCUT2D eigenvalue weighted by Crippen LogP contribution is 2.88. The minimum absolute atomic E-state index is 0.0488. The number of nitrogens with zero attached hydrogens (tertiary/aromatic N) is 1. The molecule has 7 aliphatic carbocycles. The van der Waals surface area contributed by atoms with E-state index in [9.17, 15) is 14.9 Å². The number of hydrogen-bond donors (Lipinski definition) is 0. The minimum Gasteiger partial charge on any atom is -0.361 e. The van der Waals surface area contributed by atoms with Gasteiger partial charge in [0.15, 0.2) is 11.6 Å². The summed E-state index contributed by atoms with van der Waals surface area (Å²) in [5, 5.41) is 9.94. The van der Waals surface area contributed by atoms with Crippen molar-refractivity contribution in [1.29, 1.82) is 5.26 Å². The fraction of sp³-hybridized carbons (Fsp3) is 0.794. The van der Waals surface area contributed by atoms with Crippen LogP contribution < -0.4 is 0 Å². The van der Waals surface area contributed by atoms with E-state index < -0.39 is 16.4 Å². The van der Waals surface area contributed by atoms with Gasteiger partial charge in [0.05, 0.1) is 11.7 Å². The van der Waals surface area contributed by atoms with E-state index in [1.807, 2.05) is 26.0 Å². The molecular weight excluding hydrogens is 470 g/mol. The molecule has 1 heterocycles. The molecule has 5 bridgehead atoms. The average Bonchev–Trinajstić information content (AvgIpc) is 2.93. The van der Waals surface area contributed by atoms with E-state index in [4.69, 9.17) is 4.74 Å². The molecule has 204 valence electrons. The highest BCUT2D eigenvalue weighted by Gasteiger charge is 2.89. The van der Waals surface area contributed by atoms with Crippen LogP contribution in [0.5, 0.6) is 0 Å². The summed E-state index contributed by atoms with van der Waals surface area (Å²) < 4.78 is 7.43. The largest absolute Gasteiger partial charge is 0.361 e. The van der Waals surface area contributed by atoms with Gasteiger partial charge in [-0.25, -0.2) is 0 Å². The van der Waals surface area contributed by atoms with Gasteiger partial charge in [0.25, 0.3) is 0 Å². The maximum absolute atomic E-state index is 14.8. The Morgan fingerprint density at radius 2 is 1.74 bits per heavy atom. The number of carbonyl (C=O) groups is 2. The second kappa shape index (κ2) is 6.59. The first-order valence-electron chi connectivity index (χ1n) is 15.2. The van der Waals surface area contributed by atoms with Crippen LogP contribution in [0.3, 0.4) is 0 Å². The fourth-order valence-corrected chi connectivity index (χ4v) is 12.8. The lowest BCUT2D eigenvalue weighted by atomic mass is 9.26. The molecule has 0 radical (unpaired) electrons. The van der Waals surface area contributed by atoms with E-state index in [-0.39, 0.29) is 62.2 Å². The van der Waals surface area contributed by atoms with Gasteiger partial charge < -0.3 is 4.74 Å². The summed E-state index contributed by atoms with van der Waals surface area (Å²) in [7, 11) is 0. The summed E-state index contributed by atoms with van der Waals surface area (Å²) >= 11 is 0. The van der Waals surface area contributed by atoms with Gasteiger partial charge in [-0.3, -0.25) is 9.59 Å². The standard InChI is InChI=1S/C34H45NO3/c1-9-11-33-19-32-14-13-31(8)30(7)12-10-21-28(4,5)25(37)20(18-35)16-29(21,6)22(30)15-24(36)34(31,38-26(32)33)23(32)17-27(33,2)3/h15-16,21,23,26H,9-14,17,19H2,1-8H3. The number of nitriles is 1. The predicted octanol–water partition coefficient (Wildman–Crippen LogP) is 7.14. The maximum Gasteiger partial charge on any atom is 0.188 e. The van der Waals surface area contributed by atoms with E-state index in [1.165, 1.54) is 12.8 Å². The topological polar surface area (TPSA) is 67.2 Å². The lowest BCUT2D eigenvalue weighted by molar-refractivity contribution is -0.259. The summed E-state index contributed by atoms with van der Waals surface area (Å²) in [6, 6.07) is 2.22. The number of hydrogen-bond acceptors (Lipinski definition) is 4. The Morgan fingerprint density at radius 1 is 1.03 bits per heavy atom. The molecule has 5 saturated carbocycles. The molecule has 38 heavy (non-hydrogen) atoms. The molecule has 1 saturated heterocycles. The van der Waals surface area contributed by atoms with Crippen LogP contribution >= 0.6 is 0 Å². The number of rotatable bonds is 2. The normalized spacial score (nSPS) is 54.4. The lowest BCUT2D eigenvalue weighted by Gasteiger charge is -2.75. The van der Waals surface area contributed by atoms with Gasteiger partial charge in [-0.05, 0) is 73.3 Å². The van der Waals surface area contributed by atoms with E-state index >= 15 is 0 Å². The summed E-state index contributed by atoms with van der Waals surface area (Å²) in [6.07, 6.45) is 12.8. The summed E-state index contributed by atoms with van der Waals surface area (Å²) in [5.74, 6) is 0.474. The maximum atomic E-state index is 14.8. The first-order valence-corrected chi connectivity index (χ1v) is 15.2. The molecule has 0 aromatic rings. The molecule has 4 nitrogen and oxygen atoms in total. The van der Waals surface area contributed by atoms with Crippen molar-refractivity contribution in [1.82, 2.24) is 0 Å². The zero-order valence-corrected chi connectivity index (χ0v) is 24.7. The van der Waals surface area contributed by atoms with Crippen LogP contribution in [0, 0.1) is 61.1 Å². The third-order valence-electron chi connectivity index (χ3n) is 14.8. The predicted molar refractivity (Wildman–Crippen MR) is 146 cm³/mol. The highest BCUT2D eigenvalue weighted by molar-refractivity contribution is 6.05. The van der Waals surface area contributed by atoms with Crippen molar-refractivity contribution in [3.63, 3.8) is 0 Å². The number of fused-ring (bicyclic) bond motifs is 5. The number of Topliss-reactive ketones (excluding diaryl/α,β-unsaturated/α-hetero) is 1. The zero-order chi connectivity index (χ0) is 27.5. The van der Waals surface area contributed by atoms with Crippen molar-refractivity contribution in [3.05, 3.63) is 23.3 Å². The van der Waals surface area contributed by atoms with Crippen LogP contribution in [0.1, 0.15) is 107 Å². The van der Waals surface area contributed by atoms with Crippen LogP contribution in [-0.4, -0.2) is 23.3 Å². The third kappa shape index (κ3) is 2.14. The molecule has 0 aromatic carbocycles. The monoisotopic (exact) mass is 515 g/mol. The molecule has 0 N–H and O–H groups in total. The SMILES string of the molecule is CCCC12CC34CCC5(C)C6(C)CCC7C(C)(C)C(=O)C(C#N)=CC7(C)C6=CC(=O)C5(OC31)C4CC2(C)C. The number of ether oxygens (including phenoxy) is 1. The summed E-state index contributed by atoms with van der Waals surface area (Å²) in [5.41, 5.74) is -0.515. The van der Waals surface area contributed by atoms with Crippen molar-refractivity contribution in [2.24, 2.45) is 49.7 Å². The number of allylic oxidation sites excluding steroid dienone is 3. The Bertz CT molecular complexity index is 1310. The van der Waals surface area contributed by atoms with Crippen LogP contribution in [0.4, 0.5) is 0 Å². The second-order valence-electron chi connectivity index (χ2n) is 16.4.